The van der Waals surface area contributed by atoms with Gasteiger partial charge in [-0.3, -0.25) is 4.79 Å². The van der Waals surface area contributed by atoms with Crippen LogP contribution in [0.4, 0.5) is 0 Å². The smallest absolute Gasteiger partial charge is 0.256 e. The number of carbonyl (C=O) groups excluding carboxylic acids is 1. The number of rotatable bonds is 2. The molecule has 1 saturated heterocycles. The fraction of sp³-hybridized carbons (Fsp3) is 0.467. The number of amidine groups is 1. The molecule has 3 rings (SSSR count). The van der Waals surface area contributed by atoms with Crippen LogP contribution in [0.1, 0.15) is 41.6 Å². The van der Waals surface area contributed by atoms with Crippen LogP contribution < -0.4 is 0 Å². The molecule has 2 aliphatic heterocycles. The number of piperidine rings is 1. The Morgan fingerprint density at radius 1 is 1.24 bits per heavy atom. The quantitative estimate of drug-likeness (QED) is 0.782. The van der Waals surface area contributed by atoms with Gasteiger partial charge in [0.25, 0.3) is 10.0 Å². The van der Waals surface area contributed by atoms with Gasteiger partial charge in [0.15, 0.2) is 5.78 Å². The zero-order chi connectivity index (χ0) is 15.0. The minimum absolute atomic E-state index is 0.00910. The van der Waals surface area contributed by atoms with Gasteiger partial charge in [-0.05, 0) is 25.3 Å². The van der Waals surface area contributed by atoms with Gasteiger partial charge in [-0.15, -0.1) is 4.40 Å². The molecule has 5 nitrogen and oxygen atoms in total. The highest BCUT2D eigenvalue weighted by Crippen LogP contribution is 2.31. The van der Waals surface area contributed by atoms with E-state index in [2.05, 4.69) is 9.30 Å². The van der Waals surface area contributed by atoms with E-state index in [0.29, 0.717) is 17.9 Å². The van der Waals surface area contributed by atoms with Crippen LogP contribution >= 0.6 is 0 Å². The molecule has 0 amide bonds. The maximum atomic E-state index is 11.8. The first-order chi connectivity index (χ1) is 9.96. The van der Waals surface area contributed by atoms with Crippen molar-refractivity contribution in [3.05, 3.63) is 35.4 Å². The lowest BCUT2D eigenvalue weighted by Crippen LogP contribution is -2.46. The maximum Gasteiger partial charge on any atom is 0.256 e. The Hall–Kier alpha value is -1.69. The van der Waals surface area contributed by atoms with Crippen molar-refractivity contribution in [1.82, 2.24) is 4.90 Å². The molecule has 1 atom stereocenters. The van der Waals surface area contributed by atoms with Crippen LogP contribution in [0.5, 0.6) is 0 Å². The molecule has 1 aromatic rings. The first-order valence-electron chi connectivity index (χ1n) is 7.15. The molecule has 2 aliphatic rings. The predicted octanol–water partition coefficient (Wildman–Crippen LogP) is 1.81. The number of nitrogens with zero attached hydrogens (tertiary/aromatic N) is 2. The summed E-state index contributed by atoms with van der Waals surface area (Å²) in [6, 6.07) is 7.42. The van der Waals surface area contributed by atoms with Crippen molar-refractivity contribution in [3.8, 4) is 0 Å². The molecular formula is C15H18N2O3S. The summed E-state index contributed by atoms with van der Waals surface area (Å²) in [5.74, 6) is 0.814. The van der Waals surface area contributed by atoms with Crippen LogP contribution in [0.2, 0.25) is 0 Å². The number of hydrogen-bond donors (Lipinski definition) is 0. The Morgan fingerprint density at radius 2 is 1.95 bits per heavy atom. The van der Waals surface area contributed by atoms with Crippen molar-refractivity contribution < 1.29 is 13.2 Å². The molecule has 6 heteroatoms. The molecule has 1 fully saturated rings. The van der Waals surface area contributed by atoms with Crippen molar-refractivity contribution in [2.45, 2.75) is 25.7 Å². The number of hydrogen-bond acceptors (Lipinski definition) is 4. The normalized spacial score (nSPS) is 24.1. The van der Waals surface area contributed by atoms with Crippen molar-refractivity contribution in [1.29, 1.82) is 0 Å². The van der Waals surface area contributed by atoms with E-state index in [1.807, 2.05) is 12.1 Å². The van der Waals surface area contributed by atoms with Crippen LogP contribution in [0, 0.1) is 0 Å². The van der Waals surface area contributed by atoms with E-state index in [1.165, 1.54) is 6.92 Å². The molecule has 0 aliphatic carbocycles. The third kappa shape index (κ3) is 2.85. The standard InChI is InChI=1S/C15H18N2O3S/c1-11(18)12-4-6-13(7-5-12)14-3-2-8-17-9-10-21(19,20)16-15(14)17/h4-7,14H,2-3,8-10H2,1H3. The molecule has 2 heterocycles. The summed E-state index contributed by atoms with van der Waals surface area (Å²) < 4.78 is 27.5. The lowest BCUT2D eigenvalue weighted by Gasteiger charge is -2.37. The van der Waals surface area contributed by atoms with E-state index in [0.717, 1.165) is 24.9 Å². The number of fused-ring (bicyclic) bond motifs is 1. The molecule has 0 spiro atoms. The topological polar surface area (TPSA) is 66.8 Å². The zero-order valence-electron chi connectivity index (χ0n) is 11.9. The average Bonchev–Trinajstić information content (AvgIpc) is 2.46. The highest BCUT2D eigenvalue weighted by Gasteiger charge is 2.33. The van der Waals surface area contributed by atoms with Gasteiger partial charge in [0.1, 0.15) is 5.84 Å². The highest BCUT2D eigenvalue weighted by atomic mass is 32.2. The molecule has 0 bridgehead atoms. The van der Waals surface area contributed by atoms with E-state index in [-0.39, 0.29) is 17.5 Å². The molecule has 0 saturated carbocycles. The summed E-state index contributed by atoms with van der Waals surface area (Å²) in [5, 5.41) is 0. The molecule has 1 unspecified atom stereocenters. The molecule has 1 aromatic carbocycles. The van der Waals surface area contributed by atoms with Crippen molar-refractivity contribution in [2.24, 2.45) is 4.40 Å². The second-order valence-electron chi connectivity index (χ2n) is 5.60. The molecule has 112 valence electrons. The maximum absolute atomic E-state index is 11.8. The van der Waals surface area contributed by atoms with Crippen LogP contribution in [0.25, 0.3) is 0 Å². The Morgan fingerprint density at radius 3 is 2.62 bits per heavy atom. The van der Waals surface area contributed by atoms with Gasteiger partial charge in [-0.1, -0.05) is 24.3 Å². The largest absolute Gasteiger partial charge is 0.358 e. The van der Waals surface area contributed by atoms with Gasteiger partial charge in [0.2, 0.25) is 0 Å². The molecule has 0 aromatic heterocycles. The summed E-state index contributed by atoms with van der Waals surface area (Å²) in [6.45, 7) is 2.94. The van der Waals surface area contributed by atoms with Crippen molar-refractivity contribution in [2.75, 3.05) is 18.8 Å². The lowest BCUT2D eigenvalue weighted by atomic mass is 9.88. The minimum Gasteiger partial charge on any atom is -0.358 e. The fourth-order valence-electron chi connectivity index (χ4n) is 2.98. The molecular weight excluding hydrogens is 288 g/mol. The van der Waals surface area contributed by atoms with Crippen LogP contribution in [-0.2, 0) is 10.0 Å². The van der Waals surface area contributed by atoms with E-state index in [9.17, 15) is 13.2 Å². The first kappa shape index (κ1) is 14.3. The van der Waals surface area contributed by atoms with E-state index >= 15 is 0 Å². The predicted molar refractivity (Wildman–Crippen MR) is 81.2 cm³/mol. The van der Waals surface area contributed by atoms with Crippen molar-refractivity contribution >= 4 is 21.6 Å². The highest BCUT2D eigenvalue weighted by molar-refractivity contribution is 7.90. The van der Waals surface area contributed by atoms with Gasteiger partial charge >= 0.3 is 0 Å². The Labute approximate surface area is 124 Å². The van der Waals surface area contributed by atoms with Gasteiger partial charge in [0.05, 0.1) is 5.75 Å². The van der Waals surface area contributed by atoms with Crippen molar-refractivity contribution in [3.63, 3.8) is 0 Å². The van der Waals surface area contributed by atoms with Gasteiger partial charge < -0.3 is 4.90 Å². The number of benzene rings is 1. The summed E-state index contributed by atoms with van der Waals surface area (Å²) in [6.07, 6.45) is 1.92. The SMILES string of the molecule is CC(=O)c1ccc(C2CCCN3CCS(=O)(=O)N=C23)cc1. The van der Waals surface area contributed by atoms with Gasteiger partial charge in [0, 0.05) is 24.6 Å². The Bertz CT molecular complexity index is 692. The van der Waals surface area contributed by atoms with Crippen LogP contribution in [-0.4, -0.2) is 43.8 Å². The van der Waals surface area contributed by atoms with E-state index < -0.39 is 10.0 Å². The summed E-state index contributed by atoms with van der Waals surface area (Å²) in [7, 11) is -3.32. The lowest BCUT2D eigenvalue weighted by molar-refractivity contribution is 0.101. The number of sulfonamides is 1. The second-order valence-corrected chi connectivity index (χ2v) is 7.35. The van der Waals surface area contributed by atoms with Gasteiger partial charge in [-0.25, -0.2) is 8.42 Å². The summed E-state index contributed by atoms with van der Waals surface area (Å²) >= 11 is 0. The number of ketones is 1. The van der Waals surface area contributed by atoms with Crippen LogP contribution in [0.15, 0.2) is 28.7 Å². The third-order valence-electron chi connectivity index (χ3n) is 4.13. The zero-order valence-corrected chi connectivity index (χ0v) is 12.8. The third-order valence-corrected chi connectivity index (χ3v) is 5.29. The minimum atomic E-state index is -3.32. The Balaban J connectivity index is 1.96. The first-order valence-corrected chi connectivity index (χ1v) is 8.75. The van der Waals surface area contributed by atoms with Gasteiger partial charge in [-0.2, -0.15) is 0 Å². The molecule has 21 heavy (non-hydrogen) atoms. The monoisotopic (exact) mass is 306 g/mol. The summed E-state index contributed by atoms with van der Waals surface area (Å²) in [5.41, 5.74) is 1.70. The fourth-order valence-corrected chi connectivity index (χ4v) is 4.05. The van der Waals surface area contributed by atoms with E-state index in [1.54, 1.807) is 12.1 Å². The Kier molecular flexibility index (Phi) is 3.57. The molecule has 0 radical (unpaired) electrons. The number of Topliss-reactive ketones (excluding diaryl/α,β-unsaturated/α-hetero) is 1. The van der Waals surface area contributed by atoms with Crippen LogP contribution in [0.3, 0.4) is 0 Å². The average molecular weight is 306 g/mol. The number of carbonyl (C=O) groups is 1. The second kappa shape index (κ2) is 5.26. The summed E-state index contributed by atoms with van der Waals surface area (Å²) in [4.78, 5) is 13.4. The molecule has 0 N–H and O–H groups in total. The van der Waals surface area contributed by atoms with E-state index in [4.69, 9.17) is 0 Å².